The number of hydrogen-bond acceptors (Lipinski definition) is 3. The van der Waals surface area contributed by atoms with Crippen LogP contribution in [0.2, 0.25) is 0 Å². The lowest BCUT2D eigenvalue weighted by Gasteiger charge is -2.33. The molecule has 2 aromatic rings. The molecular weight excluding hydrogens is 358 g/mol. The Morgan fingerprint density at radius 3 is 2.11 bits per heavy atom. The molecule has 0 bridgehead atoms. The van der Waals surface area contributed by atoms with Crippen LogP contribution in [0.4, 0.5) is 0 Å². The lowest BCUT2D eigenvalue weighted by atomic mass is 9.82. The van der Waals surface area contributed by atoms with Crippen LogP contribution in [0.5, 0.6) is 11.5 Å². The van der Waals surface area contributed by atoms with Crippen LogP contribution >= 0.6 is 12.4 Å². The molecule has 27 heavy (non-hydrogen) atoms. The molecule has 0 fully saturated rings. The smallest absolute Gasteiger partial charge is 0.161 e. The van der Waals surface area contributed by atoms with Crippen LogP contribution in [0.3, 0.4) is 0 Å². The molecule has 150 valence electrons. The number of hydrogen-bond donors (Lipinski definition) is 1. The summed E-state index contributed by atoms with van der Waals surface area (Å²) < 4.78 is 11.5. The third-order valence-electron chi connectivity index (χ3n) is 4.21. The molecule has 0 aliphatic carbocycles. The van der Waals surface area contributed by atoms with Crippen molar-refractivity contribution in [3.8, 4) is 11.5 Å². The Kier molecular flexibility index (Phi) is 8.64. The lowest BCUT2D eigenvalue weighted by Crippen LogP contribution is -2.41. The van der Waals surface area contributed by atoms with Crippen molar-refractivity contribution in [1.29, 1.82) is 0 Å². The maximum atomic E-state index is 5.93. The summed E-state index contributed by atoms with van der Waals surface area (Å²) >= 11 is 0. The Balaban J connectivity index is 0.00000364. The van der Waals surface area contributed by atoms with E-state index >= 15 is 0 Å². The molecule has 0 unspecified atom stereocenters. The van der Waals surface area contributed by atoms with Crippen LogP contribution in [0.1, 0.15) is 52.2 Å². The molecule has 0 amide bonds. The summed E-state index contributed by atoms with van der Waals surface area (Å²) in [5, 5.41) is 3.66. The van der Waals surface area contributed by atoms with Gasteiger partial charge in [-0.05, 0) is 48.9 Å². The average Bonchev–Trinajstić information content (AvgIpc) is 2.57. The third kappa shape index (κ3) is 8.23. The Morgan fingerprint density at radius 2 is 1.52 bits per heavy atom. The zero-order valence-corrected chi connectivity index (χ0v) is 18.3. The van der Waals surface area contributed by atoms with Gasteiger partial charge in [-0.15, -0.1) is 12.4 Å². The Hall–Kier alpha value is -1.71. The second-order valence-electron chi connectivity index (χ2n) is 8.73. The maximum absolute atomic E-state index is 5.93. The number of benzene rings is 2. The number of rotatable bonds is 8. The number of nitrogens with one attached hydrogen (secondary N) is 1. The minimum absolute atomic E-state index is 0. The summed E-state index contributed by atoms with van der Waals surface area (Å²) in [5.41, 5.74) is 2.71. The topological polar surface area (TPSA) is 30.5 Å². The Morgan fingerprint density at radius 1 is 0.852 bits per heavy atom. The molecule has 1 N–H and O–H groups in total. The van der Waals surface area contributed by atoms with Crippen molar-refractivity contribution < 1.29 is 9.47 Å². The average molecular weight is 392 g/mol. The minimum atomic E-state index is 0. The van der Waals surface area contributed by atoms with Gasteiger partial charge in [-0.2, -0.15) is 0 Å². The fourth-order valence-corrected chi connectivity index (χ4v) is 3.41. The van der Waals surface area contributed by atoms with Gasteiger partial charge in [0.1, 0.15) is 6.61 Å². The highest BCUT2D eigenvalue weighted by Gasteiger charge is 2.24. The molecule has 3 nitrogen and oxygen atoms in total. The van der Waals surface area contributed by atoms with Crippen LogP contribution in [0.25, 0.3) is 0 Å². The van der Waals surface area contributed by atoms with Gasteiger partial charge in [-0.3, -0.25) is 0 Å². The molecule has 2 aromatic carbocycles. The van der Waals surface area contributed by atoms with E-state index in [2.05, 4.69) is 64.2 Å². The normalized spacial score (nSPS) is 11.6. The first kappa shape index (κ1) is 23.3. The molecule has 0 radical (unpaired) electrons. The van der Waals surface area contributed by atoms with Crippen LogP contribution in [0, 0.1) is 5.41 Å². The first-order valence-corrected chi connectivity index (χ1v) is 9.27. The van der Waals surface area contributed by atoms with Gasteiger partial charge in [0.15, 0.2) is 11.5 Å². The number of ether oxygens (including phenoxy) is 2. The highest BCUT2D eigenvalue weighted by atomic mass is 35.5. The number of halogens is 1. The quantitative estimate of drug-likeness (QED) is 0.598. The fraction of sp³-hybridized carbons (Fsp3) is 0.478. The molecule has 2 rings (SSSR count). The Labute approximate surface area is 170 Å². The van der Waals surface area contributed by atoms with Gasteiger partial charge in [0.2, 0.25) is 0 Å². The van der Waals surface area contributed by atoms with E-state index < -0.39 is 0 Å². The predicted molar refractivity (Wildman–Crippen MR) is 116 cm³/mol. The van der Waals surface area contributed by atoms with E-state index in [9.17, 15) is 0 Å². The standard InChI is InChI=1S/C23H33NO2.ClH/c1-22(2,3)17-23(4,5)24-15-19-12-13-20(21(14-19)25-6)26-16-18-10-8-7-9-11-18;/h7-14,24H,15-17H2,1-6H3;1H. The lowest BCUT2D eigenvalue weighted by molar-refractivity contribution is 0.240. The predicted octanol–water partition coefficient (Wildman–Crippen LogP) is 6.00. The van der Waals surface area contributed by atoms with Crippen molar-refractivity contribution in [2.24, 2.45) is 5.41 Å². The van der Waals surface area contributed by atoms with E-state index in [1.54, 1.807) is 7.11 Å². The molecule has 0 saturated carbocycles. The third-order valence-corrected chi connectivity index (χ3v) is 4.21. The molecule has 0 heterocycles. The van der Waals surface area contributed by atoms with Crippen LogP contribution in [-0.2, 0) is 13.2 Å². The zero-order valence-electron chi connectivity index (χ0n) is 17.5. The van der Waals surface area contributed by atoms with Gasteiger partial charge >= 0.3 is 0 Å². The Bertz CT molecular complexity index is 693. The molecule has 0 aliphatic heterocycles. The summed E-state index contributed by atoms with van der Waals surface area (Å²) in [6.45, 7) is 12.7. The van der Waals surface area contributed by atoms with Crippen LogP contribution in [0.15, 0.2) is 48.5 Å². The zero-order chi connectivity index (χ0) is 19.2. The van der Waals surface area contributed by atoms with Crippen molar-refractivity contribution in [2.75, 3.05) is 7.11 Å². The largest absolute Gasteiger partial charge is 0.493 e. The van der Waals surface area contributed by atoms with Crippen molar-refractivity contribution in [3.63, 3.8) is 0 Å². The van der Waals surface area contributed by atoms with Crippen molar-refractivity contribution in [1.82, 2.24) is 5.32 Å². The summed E-state index contributed by atoms with van der Waals surface area (Å²) in [4.78, 5) is 0. The van der Waals surface area contributed by atoms with Gasteiger partial charge in [0.05, 0.1) is 7.11 Å². The second-order valence-corrected chi connectivity index (χ2v) is 8.73. The molecule has 0 aromatic heterocycles. The van der Waals surface area contributed by atoms with Crippen LogP contribution < -0.4 is 14.8 Å². The first-order valence-electron chi connectivity index (χ1n) is 9.27. The summed E-state index contributed by atoms with van der Waals surface area (Å²) in [6, 6.07) is 16.3. The van der Waals surface area contributed by atoms with E-state index in [4.69, 9.17) is 9.47 Å². The fourth-order valence-electron chi connectivity index (χ4n) is 3.41. The SMILES string of the molecule is COc1cc(CNC(C)(C)CC(C)(C)C)ccc1OCc1ccccc1.Cl. The van der Waals surface area contributed by atoms with Gasteiger partial charge in [-0.1, -0.05) is 57.2 Å². The molecule has 0 saturated heterocycles. The van der Waals surface area contributed by atoms with Crippen molar-refractivity contribution >= 4 is 12.4 Å². The molecule has 4 heteroatoms. The maximum Gasteiger partial charge on any atom is 0.161 e. The van der Waals surface area contributed by atoms with Crippen LogP contribution in [-0.4, -0.2) is 12.6 Å². The van der Waals surface area contributed by atoms with E-state index in [0.29, 0.717) is 12.0 Å². The minimum Gasteiger partial charge on any atom is -0.493 e. The van der Waals surface area contributed by atoms with Crippen molar-refractivity contribution in [3.05, 3.63) is 59.7 Å². The molecular formula is C23H34ClNO2. The second kappa shape index (κ2) is 10.0. The molecule has 0 atom stereocenters. The monoisotopic (exact) mass is 391 g/mol. The van der Waals surface area contributed by atoms with E-state index in [1.807, 2.05) is 24.3 Å². The molecule has 0 spiro atoms. The summed E-state index contributed by atoms with van der Waals surface area (Å²) in [6.07, 6.45) is 1.11. The van der Waals surface area contributed by atoms with Gasteiger partial charge in [0.25, 0.3) is 0 Å². The highest BCUT2D eigenvalue weighted by molar-refractivity contribution is 5.85. The molecule has 0 aliphatic rings. The summed E-state index contributed by atoms with van der Waals surface area (Å²) in [7, 11) is 1.69. The van der Waals surface area contributed by atoms with Gasteiger partial charge < -0.3 is 14.8 Å². The van der Waals surface area contributed by atoms with Crippen molar-refractivity contribution in [2.45, 2.75) is 59.7 Å². The summed E-state index contributed by atoms with van der Waals surface area (Å²) in [5.74, 6) is 1.54. The van der Waals surface area contributed by atoms with Gasteiger partial charge in [-0.25, -0.2) is 0 Å². The van der Waals surface area contributed by atoms with E-state index in [-0.39, 0.29) is 17.9 Å². The van der Waals surface area contributed by atoms with Gasteiger partial charge in [0, 0.05) is 12.1 Å². The first-order chi connectivity index (χ1) is 12.2. The van der Waals surface area contributed by atoms with E-state index in [1.165, 1.54) is 5.56 Å². The highest BCUT2D eigenvalue weighted by Crippen LogP contribution is 2.30. The van der Waals surface area contributed by atoms with E-state index in [0.717, 1.165) is 30.0 Å². The number of methoxy groups -OCH3 is 1.